The van der Waals surface area contributed by atoms with Gasteiger partial charge in [-0.05, 0) is 37.6 Å². The minimum atomic E-state index is 0.00412. The molecule has 6 nitrogen and oxygen atoms in total. The number of nitrogens with one attached hydrogen (secondary N) is 1. The lowest BCUT2D eigenvalue weighted by Crippen LogP contribution is -2.32. The molecule has 1 aromatic heterocycles. The van der Waals surface area contributed by atoms with E-state index >= 15 is 0 Å². The van der Waals surface area contributed by atoms with Crippen molar-refractivity contribution >= 4 is 22.8 Å². The fourth-order valence-electron chi connectivity index (χ4n) is 3.46. The number of amides is 1. The third kappa shape index (κ3) is 3.56. The molecule has 1 amide bonds. The smallest absolute Gasteiger partial charge is 0.257 e. The number of nitrogens with zero attached hydrogens (tertiary/aromatic N) is 3. The lowest BCUT2D eigenvalue weighted by atomic mass is 10.1. The first-order valence-electron chi connectivity index (χ1n) is 9.06. The summed E-state index contributed by atoms with van der Waals surface area (Å²) in [7, 11) is 1.59. The van der Waals surface area contributed by atoms with Crippen molar-refractivity contribution in [3.63, 3.8) is 0 Å². The summed E-state index contributed by atoms with van der Waals surface area (Å²) >= 11 is 0. The lowest BCUT2D eigenvalue weighted by Gasteiger charge is -2.19. The Hall–Kier alpha value is -3.15. The number of carbonyl (C=O) groups excluding carboxylic acids is 1. The van der Waals surface area contributed by atoms with Gasteiger partial charge in [-0.3, -0.25) is 9.78 Å². The maximum Gasteiger partial charge on any atom is 0.257 e. The number of rotatable bonds is 4. The van der Waals surface area contributed by atoms with Crippen LogP contribution in [0.3, 0.4) is 0 Å². The largest absolute Gasteiger partial charge is 0.496 e. The molecule has 1 unspecified atom stereocenters. The zero-order valence-electron chi connectivity index (χ0n) is 15.5. The first-order valence-corrected chi connectivity index (χ1v) is 9.06. The number of aromatic nitrogens is 2. The van der Waals surface area contributed by atoms with Crippen LogP contribution in [0.5, 0.6) is 5.75 Å². The van der Waals surface area contributed by atoms with Crippen LogP contribution in [0, 0.1) is 6.92 Å². The van der Waals surface area contributed by atoms with E-state index in [1.807, 2.05) is 54.3 Å². The number of para-hydroxylation sites is 2. The highest BCUT2D eigenvalue weighted by Gasteiger charge is 2.28. The van der Waals surface area contributed by atoms with Gasteiger partial charge in [-0.15, -0.1) is 0 Å². The molecule has 1 saturated heterocycles. The zero-order valence-corrected chi connectivity index (χ0v) is 15.5. The van der Waals surface area contributed by atoms with Crippen molar-refractivity contribution in [3.05, 3.63) is 59.8 Å². The maximum atomic E-state index is 12.9. The molecule has 1 fully saturated rings. The molecule has 1 aliphatic heterocycles. The number of fused-ring (bicyclic) bond motifs is 1. The van der Waals surface area contributed by atoms with Gasteiger partial charge in [-0.2, -0.15) is 0 Å². The molecule has 1 N–H and O–H groups in total. The first kappa shape index (κ1) is 17.3. The third-order valence-electron chi connectivity index (χ3n) is 4.86. The second-order valence-electron chi connectivity index (χ2n) is 6.83. The van der Waals surface area contributed by atoms with E-state index in [9.17, 15) is 4.79 Å². The second kappa shape index (κ2) is 7.23. The van der Waals surface area contributed by atoms with Crippen LogP contribution in [0.1, 0.15) is 22.3 Å². The molecule has 4 rings (SSSR count). The second-order valence-corrected chi connectivity index (χ2v) is 6.83. The quantitative estimate of drug-likeness (QED) is 0.771. The van der Waals surface area contributed by atoms with Crippen LogP contribution in [0.25, 0.3) is 11.0 Å². The van der Waals surface area contributed by atoms with Crippen molar-refractivity contribution in [2.75, 3.05) is 25.5 Å². The van der Waals surface area contributed by atoms with Crippen LogP contribution in [0.15, 0.2) is 48.7 Å². The molecule has 1 aliphatic rings. The van der Waals surface area contributed by atoms with Crippen LogP contribution < -0.4 is 10.1 Å². The van der Waals surface area contributed by atoms with Crippen molar-refractivity contribution in [2.45, 2.75) is 19.4 Å². The molecule has 0 saturated carbocycles. The lowest BCUT2D eigenvalue weighted by molar-refractivity contribution is 0.0788. The molecule has 138 valence electrons. The van der Waals surface area contributed by atoms with E-state index in [0.717, 1.165) is 28.8 Å². The number of anilines is 1. The monoisotopic (exact) mass is 362 g/mol. The van der Waals surface area contributed by atoms with E-state index in [2.05, 4.69) is 15.3 Å². The Balaban J connectivity index is 1.46. The number of hydrogen-bond donors (Lipinski definition) is 1. The molecule has 3 aromatic rings. The van der Waals surface area contributed by atoms with Gasteiger partial charge in [0.25, 0.3) is 5.91 Å². The Morgan fingerprint density at radius 2 is 2.04 bits per heavy atom. The topological polar surface area (TPSA) is 67.3 Å². The highest BCUT2D eigenvalue weighted by atomic mass is 16.5. The summed E-state index contributed by atoms with van der Waals surface area (Å²) in [6.07, 6.45) is 2.62. The van der Waals surface area contributed by atoms with Crippen LogP contribution in [-0.2, 0) is 0 Å². The molecule has 0 aliphatic carbocycles. The molecule has 0 bridgehead atoms. The number of ether oxygens (including phenoxy) is 1. The van der Waals surface area contributed by atoms with E-state index in [0.29, 0.717) is 24.4 Å². The Morgan fingerprint density at radius 3 is 2.85 bits per heavy atom. The average Bonchev–Trinajstić information content (AvgIpc) is 3.15. The van der Waals surface area contributed by atoms with Crippen LogP contribution in [0.2, 0.25) is 0 Å². The number of methoxy groups -OCH3 is 1. The summed E-state index contributed by atoms with van der Waals surface area (Å²) < 4.78 is 5.36. The van der Waals surface area contributed by atoms with E-state index < -0.39 is 0 Å². The first-order chi connectivity index (χ1) is 13.1. The highest BCUT2D eigenvalue weighted by Crippen LogP contribution is 2.24. The van der Waals surface area contributed by atoms with Gasteiger partial charge in [0.15, 0.2) is 0 Å². The molecular formula is C21H22N4O2. The Labute approximate surface area is 158 Å². The van der Waals surface area contributed by atoms with Gasteiger partial charge in [-0.25, -0.2) is 4.98 Å². The summed E-state index contributed by atoms with van der Waals surface area (Å²) in [5.74, 6) is 1.35. The summed E-state index contributed by atoms with van der Waals surface area (Å²) in [6, 6.07) is 13.6. The molecule has 2 aromatic carbocycles. The van der Waals surface area contributed by atoms with Crippen molar-refractivity contribution in [1.29, 1.82) is 0 Å². The van der Waals surface area contributed by atoms with E-state index in [1.165, 1.54) is 0 Å². The zero-order chi connectivity index (χ0) is 18.8. The SMILES string of the molecule is COc1ccc(C)cc1C(=O)N1CCC(Nc2cnc3ccccc3n2)C1. The Kier molecular flexibility index (Phi) is 4.62. The molecule has 0 spiro atoms. The maximum absolute atomic E-state index is 12.9. The van der Waals surface area contributed by atoms with Crippen molar-refractivity contribution in [1.82, 2.24) is 14.9 Å². The van der Waals surface area contributed by atoms with E-state index in [-0.39, 0.29) is 11.9 Å². The molecule has 1 atom stereocenters. The summed E-state index contributed by atoms with van der Waals surface area (Å²) in [5.41, 5.74) is 3.39. The van der Waals surface area contributed by atoms with Gasteiger partial charge in [0.2, 0.25) is 0 Å². The van der Waals surface area contributed by atoms with Crippen molar-refractivity contribution in [2.24, 2.45) is 0 Å². The van der Waals surface area contributed by atoms with Crippen molar-refractivity contribution < 1.29 is 9.53 Å². The Bertz CT molecular complexity index is 989. The molecule has 6 heteroatoms. The van der Waals surface area contributed by atoms with E-state index in [4.69, 9.17) is 4.74 Å². The predicted octanol–water partition coefficient (Wildman–Crippen LogP) is 3.27. The third-order valence-corrected chi connectivity index (χ3v) is 4.86. The minimum Gasteiger partial charge on any atom is -0.496 e. The van der Waals surface area contributed by atoms with Gasteiger partial charge in [0, 0.05) is 19.1 Å². The summed E-state index contributed by atoms with van der Waals surface area (Å²) in [6.45, 7) is 3.31. The molecular weight excluding hydrogens is 340 g/mol. The van der Waals surface area contributed by atoms with Gasteiger partial charge >= 0.3 is 0 Å². The number of hydrogen-bond acceptors (Lipinski definition) is 5. The number of benzene rings is 2. The number of carbonyl (C=O) groups is 1. The normalized spacial score (nSPS) is 16.5. The van der Waals surface area contributed by atoms with Gasteiger partial charge in [0.1, 0.15) is 11.6 Å². The van der Waals surface area contributed by atoms with E-state index in [1.54, 1.807) is 13.3 Å². The Morgan fingerprint density at radius 1 is 1.22 bits per heavy atom. The van der Waals surface area contributed by atoms with Crippen LogP contribution >= 0.6 is 0 Å². The number of likely N-dealkylation sites (tertiary alicyclic amines) is 1. The minimum absolute atomic E-state index is 0.00412. The molecule has 0 radical (unpaired) electrons. The standard InChI is InChI=1S/C21H22N4O2/c1-14-7-8-19(27-2)16(11-14)21(26)25-10-9-15(13-25)23-20-12-22-17-5-3-4-6-18(17)24-20/h3-8,11-12,15H,9-10,13H2,1-2H3,(H,23,24). The molecule has 2 heterocycles. The summed E-state index contributed by atoms with van der Waals surface area (Å²) in [4.78, 5) is 23.9. The average molecular weight is 362 g/mol. The fraction of sp³-hybridized carbons (Fsp3) is 0.286. The summed E-state index contributed by atoms with van der Waals surface area (Å²) in [5, 5.41) is 3.41. The van der Waals surface area contributed by atoms with Crippen LogP contribution in [0.4, 0.5) is 5.82 Å². The van der Waals surface area contributed by atoms with Crippen LogP contribution in [-0.4, -0.2) is 47.0 Å². The predicted molar refractivity (Wildman–Crippen MR) is 105 cm³/mol. The van der Waals surface area contributed by atoms with Crippen molar-refractivity contribution in [3.8, 4) is 5.75 Å². The number of aryl methyl sites for hydroxylation is 1. The van der Waals surface area contributed by atoms with Gasteiger partial charge in [0.05, 0.1) is 29.9 Å². The van der Waals surface area contributed by atoms with Gasteiger partial charge in [-0.1, -0.05) is 23.8 Å². The fourth-order valence-corrected chi connectivity index (χ4v) is 3.46. The van der Waals surface area contributed by atoms with Gasteiger partial charge < -0.3 is 15.0 Å². The highest BCUT2D eigenvalue weighted by molar-refractivity contribution is 5.97. The molecule has 27 heavy (non-hydrogen) atoms.